The lowest BCUT2D eigenvalue weighted by Crippen LogP contribution is -2.05. The van der Waals surface area contributed by atoms with E-state index in [-0.39, 0.29) is 24.6 Å². The van der Waals surface area contributed by atoms with Crippen LogP contribution in [0.4, 0.5) is 13.2 Å². The average Bonchev–Trinajstić information content (AvgIpc) is 2.35. The highest BCUT2D eigenvalue weighted by molar-refractivity contribution is 5.85. The number of nitrogens with one attached hydrogen (secondary N) is 1. The van der Waals surface area contributed by atoms with E-state index in [0.717, 1.165) is 6.07 Å². The maximum atomic E-state index is 11.9. The predicted molar refractivity (Wildman–Crippen MR) is 41.5 cm³/mol. The van der Waals surface area contributed by atoms with Gasteiger partial charge in [-0.05, 0) is 7.05 Å². The van der Waals surface area contributed by atoms with Crippen molar-refractivity contribution in [2.75, 3.05) is 7.05 Å². The Morgan fingerprint density at radius 1 is 1.54 bits per heavy atom. The maximum Gasteiger partial charge on any atom is 0.452 e. The van der Waals surface area contributed by atoms with Gasteiger partial charge in [0.05, 0.1) is 5.69 Å². The maximum absolute atomic E-state index is 11.9. The largest absolute Gasteiger partial charge is 0.452 e. The summed E-state index contributed by atoms with van der Waals surface area (Å²) in [6.45, 7) is 0.263. The van der Waals surface area contributed by atoms with Gasteiger partial charge in [0, 0.05) is 12.6 Å². The first kappa shape index (κ1) is 12.2. The first-order valence-electron chi connectivity index (χ1n) is 3.21. The Kier molecular flexibility index (Phi) is 4.22. The standard InChI is InChI=1S/C6H7F3N2O.ClH/c1-10-3-4-2-5(12-11-4)6(7,8)9;/h2,10H,3H2,1H3;1H. The summed E-state index contributed by atoms with van der Waals surface area (Å²) >= 11 is 0. The van der Waals surface area contributed by atoms with Gasteiger partial charge in [0.15, 0.2) is 0 Å². The molecule has 7 heteroatoms. The van der Waals surface area contributed by atoms with Gasteiger partial charge in [-0.1, -0.05) is 5.16 Å². The smallest absolute Gasteiger partial charge is 0.351 e. The molecule has 76 valence electrons. The number of hydrogen-bond acceptors (Lipinski definition) is 3. The first-order valence-corrected chi connectivity index (χ1v) is 3.21. The highest BCUT2D eigenvalue weighted by Gasteiger charge is 2.35. The van der Waals surface area contributed by atoms with Gasteiger partial charge in [-0.15, -0.1) is 12.4 Å². The summed E-state index contributed by atoms with van der Waals surface area (Å²) in [5, 5.41) is 5.87. The van der Waals surface area contributed by atoms with Gasteiger partial charge in [-0.25, -0.2) is 0 Å². The molecule has 0 aliphatic rings. The van der Waals surface area contributed by atoms with Gasteiger partial charge in [0.2, 0.25) is 5.76 Å². The Hall–Kier alpha value is -0.750. The summed E-state index contributed by atoms with van der Waals surface area (Å²) in [4.78, 5) is 0. The first-order chi connectivity index (χ1) is 5.54. The van der Waals surface area contributed by atoms with Gasteiger partial charge >= 0.3 is 6.18 Å². The van der Waals surface area contributed by atoms with Crippen LogP contribution in [-0.4, -0.2) is 12.2 Å². The Balaban J connectivity index is 0.00000144. The minimum Gasteiger partial charge on any atom is -0.351 e. The second kappa shape index (κ2) is 4.48. The van der Waals surface area contributed by atoms with Gasteiger partial charge in [-0.3, -0.25) is 0 Å². The van der Waals surface area contributed by atoms with E-state index < -0.39 is 11.9 Å². The van der Waals surface area contributed by atoms with Crippen molar-refractivity contribution in [2.45, 2.75) is 12.7 Å². The van der Waals surface area contributed by atoms with E-state index in [4.69, 9.17) is 0 Å². The number of aromatic nitrogens is 1. The second-order valence-electron chi connectivity index (χ2n) is 2.21. The topological polar surface area (TPSA) is 38.1 Å². The molecule has 1 aromatic heterocycles. The third kappa shape index (κ3) is 3.23. The van der Waals surface area contributed by atoms with Crippen LogP contribution >= 0.6 is 12.4 Å². The zero-order valence-electron chi connectivity index (χ0n) is 6.68. The lowest BCUT2D eigenvalue weighted by atomic mass is 10.3. The molecule has 0 fully saturated rings. The van der Waals surface area contributed by atoms with Crippen LogP contribution in [0, 0.1) is 0 Å². The van der Waals surface area contributed by atoms with Crippen LogP contribution in [0.2, 0.25) is 0 Å². The summed E-state index contributed by atoms with van der Waals surface area (Å²) in [6.07, 6.45) is -4.45. The highest BCUT2D eigenvalue weighted by Crippen LogP contribution is 2.29. The Morgan fingerprint density at radius 2 is 2.15 bits per heavy atom. The Morgan fingerprint density at radius 3 is 2.54 bits per heavy atom. The fraction of sp³-hybridized carbons (Fsp3) is 0.500. The molecule has 1 N–H and O–H groups in total. The molecule has 0 atom stereocenters. The van der Waals surface area contributed by atoms with Crippen LogP contribution < -0.4 is 5.32 Å². The van der Waals surface area contributed by atoms with Crippen molar-refractivity contribution >= 4 is 12.4 Å². The van der Waals surface area contributed by atoms with Crippen molar-refractivity contribution in [1.29, 1.82) is 0 Å². The Labute approximate surface area is 78.7 Å². The van der Waals surface area contributed by atoms with Gasteiger partial charge in [0.1, 0.15) is 0 Å². The van der Waals surface area contributed by atoms with Crippen molar-refractivity contribution in [2.24, 2.45) is 0 Å². The van der Waals surface area contributed by atoms with Gasteiger partial charge in [-0.2, -0.15) is 13.2 Å². The fourth-order valence-corrected chi connectivity index (χ4v) is 0.710. The molecule has 3 nitrogen and oxygen atoms in total. The SMILES string of the molecule is CNCc1cc(C(F)(F)F)on1.Cl. The monoisotopic (exact) mass is 216 g/mol. The minimum atomic E-state index is -4.45. The molecule has 1 aromatic rings. The van der Waals surface area contributed by atoms with E-state index in [2.05, 4.69) is 15.0 Å². The summed E-state index contributed by atoms with van der Waals surface area (Å²) in [7, 11) is 1.61. The summed E-state index contributed by atoms with van der Waals surface area (Å²) in [5.74, 6) is -1.06. The second-order valence-corrected chi connectivity index (χ2v) is 2.21. The molecule has 0 radical (unpaired) electrons. The molecule has 0 saturated carbocycles. The molecule has 0 amide bonds. The van der Waals surface area contributed by atoms with E-state index in [0.29, 0.717) is 0 Å². The molecule has 0 aliphatic carbocycles. The molecule has 1 heterocycles. The molecule has 0 unspecified atom stereocenters. The quantitative estimate of drug-likeness (QED) is 0.820. The summed E-state index contributed by atoms with van der Waals surface area (Å²) in [5.41, 5.74) is 0.241. The van der Waals surface area contributed by atoms with Crippen LogP contribution in [0.1, 0.15) is 11.5 Å². The van der Waals surface area contributed by atoms with Gasteiger partial charge < -0.3 is 9.84 Å². The van der Waals surface area contributed by atoms with E-state index >= 15 is 0 Å². The fourth-order valence-electron chi connectivity index (χ4n) is 0.710. The van der Waals surface area contributed by atoms with Crippen molar-refractivity contribution in [3.63, 3.8) is 0 Å². The number of halogens is 4. The summed E-state index contributed by atoms with van der Waals surface area (Å²) < 4.78 is 39.7. The van der Waals surface area contributed by atoms with E-state index in [1.165, 1.54) is 0 Å². The van der Waals surface area contributed by atoms with Crippen LogP contribution in [0.5, 0.6) is 0 Å². The van der Waals surface area contributed by atoms with Crippen molar-refractivity contribution in [3.8, 4) is 0 Å². The molecule has 0 saturated heterocycles. The molecule has 0 spiro atoms. The molecule has 1 rings (SSSR count). The highest BCUT2D eigenvalue weighted by atomic mass is 35.5. The Bertz CT molecular complexity index is 261. The lowest BCUT2D eigenvalue weighted by Gasteiger charge is -1.97. The van der Waals surface area contributed by atoms with Crippen molar-refractivity contribution < 1.29 is 17.7 Å². The molecule has 13 heavy (non-hydrogen) atoms. The third-order valence-corrected chi connectivity index (χ3v) is 1.20. The zero-order chi connectivity index (χ0) is 9.19. The minimum absolute atomic E-state index is 0. The normalized spacial score (nSPS) is 11.1. The molecule has 0 aromatic carbocycles. The van der Waals surface area contributed by atoms with Crippen molar-refractivity contribution in [1.82, 2.24) is 10.5 Å². The van der Waals surface area contributed by atoms with E-state index in [1.54, 1.807) is 7.05 Å². The van der Waals surface area contributed by atoms with Crippen molar-refractivity contribution in [3.05, 3.63) is 17.5 Å². The van der Waals surface area contributed by atoms with Crippen LogP contribution in [0.25, 0.3) is 0 Å². The number of nitrogens with zero attached hydrogens (tertiary/aromatic N) is 1. The number of alkyl halides is 3. The van der Waals surface area contributed by atoms with Crippen LogP contribution in [0.15, 0.2) is 10.6 Å². The van der Waals surface area contributed by atoms with Crippen LogP contribution in [-0.2, 0) is 12.7 Å². The van der Waals surface area contributed by atoms with Gasteiger partial charge in [0.25, 0.3) is 0 Å². The van der Waals surface area contributed by atoms with E-state index in [1.807, 2.05) is 0 Å². The van der Waals surface area contributed by atoms with Crippen LogP contribution in [0.3, 0.4) is 0 Å². The predicted octanol–water partition coefficient (Wildman–Crippen LogP) is 1.83. The lowest BCUT2D eigenvalue weighted by molar-refractivity contribution is -0.155. The summed E-state index contributed by atoms with van der Waals surface area (Å²) in [6, 6.07) is 0.872. The third-order valence-electron chi connectivity index (χ3n) is 1.20. The zero-order valence-corrected chi connectivity index (χ0v) is 7.50. The molecule has 0 bridgehead atoms. The molecular weight excluding hydrogens is 209 g/mol. The number of hydrogen-bond donors (Lipinski definition) is 1. The molecule has 0 aliphatic heterocycles. The number of rotatable bonds is 2. The van der Waals surface area contributed by atoms with E-state index in [9.17, 15) is 13.2 Å². The average molecular weight is 217 g/mol. The molecular formula is C6H8ClF3N2O.